The van der Waals surface area contributed by atoms with Crippen LogP contribution in [0.25, 0.3) is 22.3 Å². The first kappa shape index (κ1) is 22.7. The maximum Gasteiger partial charge on any atom is 0.234 e. The number of thioether (sulfide) groups is 1. The van der Waals surface area contributed by atoms with Gasteiger partial charge >= 0.3 is 0 Å². The van der Waals surface area contributed by atoms with Crippen molar-refractivity contribution in [3.63, 3.8) is 0 Å². The van der Waals surface area contributed by atoms with Gasteiger partial charge in [0.1, 0.15) is 0 Å². The number of ether oxygens (including phenoxy) is 1. The topological polar surface area (TPSA) is 84.8 Å². The fourth-order valence-corrected chi connectivity index (χ4v) is 5.13. The van der Waals surface area contributed by atoms with E-state index in [9.17, 15) is 4.79 Å². The molecule has 176 valence electrons. The molecule has 1 fully saturated rings. The Labute approximate surface area is 203 Å². The molecule has 8 heteroatoms. The van der Waals surface area contributed by atoms with Crippen LogP contribution in [0.3, 0.4) is 0 Å². The van der Waals surface area contributed by atoms with Gasteiger partial charge in [0.05, 0.1) is 18.4 Å². The summed E-state index contributed by atoms with van der Waals surface area (Å²) in [6, 6.07) is 16.2. The van der Waals surface area contributed by atoms with E-state index in [0.717, 1.165) is 65.4 Å². The van der Waals surface area contributed by atoms with Gasteiger partial charge in [0.2, 0.25) is 5.91 Å². The minimum Gasteiger partial charge on any atom is -0.376 e. The fourth-order valence-electron chi connectivity index (χ4n) is 4.38. The highest BCUT2D eigenvalue weighted by Gasteiger charge is 2.23. The summed E-state index contributed by atoms with van der Waals surface area (Å²) in [6.07, 6.45) is 6.35. The highest BCUT2D eigenvalue weighted by Crippen LogP contribution is 2.31. The quantitative estimate of drug-likeness (QED) is 0.321. The molecule has 34 heavy (non-hydrogen) atoms. The van der Waals surface area contributed by atoms with Gasteiger partial charge in [0.15, 0.2) is 11.0 Å². The normalized spacial score (nSPS) is 15.7. The highest BCUT2D eigenvalue weighted by molar-refractivity contribution is 7.99. The second-order valence-corrected chi connectivity index (χ2v) is 9.53. The van der Waals surface area contributed by atoms with Crippen molar-refractivity contribution < 1.29 is 9.53 Å². The van der Waals surface area contributed by atoms with Gasteiger partial charge < -0.3 is 15.0 Å². The van der Waals surface area contributed by atoms with Crippen molar-refractivity contribution in [3.8, 4) is 11.4 Å². The summed E-state index contributed by atoms with van der Waals surface area (Å²) < 4.78 is 8.00. The Morgan fingerprint density at radius 3 is 2.85 bits per heavy atom. The van der Waals surface area contributed by atoms with E-state index < -0.39 is 0 Å². The smallest absolute Gasteiger partial charge is 0.234 e. The zero-order valence-electron chi connectivity index (χ0n) is 19.3. The molecule has 1 atom stereocenters. The Morgan fingerprint density at radius 2 is 2.06 bits per heavy atom. The molecule has 2 aromatic heterocycles. The largest absolute Gasteiger partial charge is 0.376 e. The third-order valence-electron chi connectivity index (χ3n) is 6.07. The van der Waals surface area contributed by atoms with Crippen LogP contribution in [-0.2, 0) is 22.5 Å². The summed E-state index contributed by atoms with van der Waals surface area (Å²) in [6.45, 7) is 3.62. The number of rotatable bonds is 9. The Bertz CT molecular complexity index is 1260. The van der Waals surface area contributed by atoms with E-state index in [0.29, 0.717) is 6.54 Å². The third-order valence-corrected chi connectivity index (χ3v) is 7.03. The van der Waals surface area contributed by atoms with Gasteiger partial charge in [0.25, 0.3) is 0 Å². The van der Waals surface area contributed by atoms with Crippen molar-refractivity contribution in [1.82, 2.24) is 19.7 Å². The van der Waals surface area contributed by atoms with Crippen LogP contribution in [0.5, 0.6) is 0 Å². The molecule has 1 saturated heterocycles. The monoisotopic (exact) mass is 475 g/mol. The van der Waals surface area contributed by atoms with E-state index in [-0.39, 0.29) is 17.8 Å². The lowest BCUT2D eigenvalue weighted by Gasteiger charge is -2.14. The molecule has 0 bridgehead atoms. The van der Waals surface area contributed by atoms with Gasteiger partial charge in [-0.1, -0.05) is 55.4 Å². The number of hydrogen-bond acceptors (Lipinski definition) is 5. The molecule has 0 aliphatic carbocycles. The lowest BCUT2D eigenvalue weighted by Crippen LogP contribution is -2.18. The van der Waals surface area contributed by atoms with Crippen LogP contribution in [0.1, 0.15) is 31.7 Å². The number of aromatic amines is 1. The summed E-state index contributed by atoms with van der Waals surface area (Å²) in [5.74, 6) is 0.991. The maximum absolute atomic E-state index is 12.6. The second-order valence-electron chi connectivity index (χ2n) is 8.58. The molecule has 1 amide bonds. The van der Waals surface area contributed by atoms with Crippen LogP contribution >= 0.6 is 11.8 Å². The lowest BCUT2D eigenvalue weighted by molar-refractivity contribution is -0.113. The number of amides is 1. The van der Waals surface area contributed by atoms with Crippen LogP contribution in [0.15, 0.2) is 59.9 Å². The van der Waals surface area contributed by atoms with Gasteiger partial charge in [-0.25, -0.2) is 0 Å². The lowest BCUT2D eigenvalue weighted by atomic mass is 10.1. The molecule has 1 aliphatic rings. The van der Waals surface area contributed by atoms with Crippen molar-refractivity contribution in [2.24, 2.45) is 0 Å². The number of carbonyl (C=O) groups is 1. The highest BCUT2D eigenvalue weighted by atomic mass is 32.2. The molecule has 5 rings (SSSR count). The van der Waals surface area contributed by atoms with Crippen molar-refractivity contribution in [2.75, 3.05) is 17.7 Å². The van der Waals surface area contributed by atoms with Gasteiger partial charge in [-0.3, -0.25) is 9.36 Å². The molecular weight excluding hydrogens is 446 g/mol. The van der Waals surface area contributed by atoms with E-state index in [1.165, 1.54) is 17.3 Å². The first-order valence-corrected chi connectivity index (χ1v) is 12.8. The predicted molar refractivity (Wildman–Crippen MR) is 136 cm³/mol. The number of fused-ring (bicyclic) bond motifs is 1. The van der Waals surface area contributed by atoms with E-state index in [1.54, 1.807) is 0 Å². The fraction of sp³-hybridized carbons (Fsp3) is 0.346. The Kier molecular flexibility index (Phi) is 6.97. The third kappa shape index (κ3) is 5.03. The van der Waals surface area contributed by atoms with Crippen molar-refractivity contribution in [3.05, 3.63) is 60.3 Å². The Morgan fingerprint density at radius 1 is 1.21 bits per heavy atom. The molecule has 7 nitrogen and oxygen atoms in total. The zero-order chi connectivity index (χ0) is 23.3. The molecule has 0 spiro atoms. The molecule has 3 heterocycles. The number of H-pyrrole nitrogens is 1. The first-order chi connectivity index (χ1) is 16.7. The summed E-state index contributed by atoms with van der Waals surface area (Å²) in [5.41, 5.74) is 4.15. The van der Waals surface area contributed by atoms with Crippen LogP contribution in [0.4, 0.5) is 5.69 Å². The summed E-state index contributed by atoms with van der Waals surface area (Å²) in [5, 5.41) is 13.8. The number of nitrogens with zero attached hydrogens (tertiary/aromatic N) is 3. The number of benzene rings is 2. The zero-order valence-corrected chi connectivity index (χ0v) is 20.1. The minimum absolute atomic E-state index is 0.0615. The standard InChI is InChI=1S/C26H29N5O2S/c1-2-6-18-10-12-19(13-11-18)28-24(32)17-34-26-30-29-25(31(26)16-20-7-5-14-33-20)22-15-27-23-9-4-3-8-21(22)23/h3-4,8-13,15,20,27H,2,5-7,14,16-17H2,1H3,(H,28,32). The van der Waals surface area contributed by atoms with Gasteiger partial charge in [-0.05, 0) is 43.0 Å². The number of anilines is 1. The molecular formula is C26H29N5O2S. The van der Waals surface area contributed by atoms with Gasteiger partial charge in [0, 0.05) is 35.0 Å². The van der Waals surface area contributed by atoms with Crippen LogP contribution in [0.2, 0.25) is 0 Å². The number of aromatic nitrogens is 4. The molecule has 4 aromatic rings. The number of aryl methyl sites for hydroxylation is 1. The van der Waals surface area contributed by atoms with Crippen molar-refractivity contribution in [1.29, 1.82) is 0 Å². The average Bonchev–Trinajstić information content (AvgIpc) is 3.60. The van der Waals surface area contributed by atoms with Crippen LogP contribution in [-0.4, -0.2) is 44.1 Å². The Hall–Kier alpha value is -3.10. The summed E-state index contributed by atoms with van der Waals surface area (Å²) in [4.78, 5) is 16.0. The number of hydrogen-bond donors (Lipinski definition) is 2. The van der Waals surface area contributed by atoms with Crippen LogP contribution < -0.4 is 5.32 Å². The second kappa shape index (κ2) is 10.4. The maximum atomic E-state index is 12.6. The number of nitrogens with one attached hydrogen (secondary N) is 2. The minimum atomic E-state index is -0.0615. The molecule has 1 unspecified atom stereocenters. The number of carbonyl (C=O) groups excluding carboxylic acids is 1. The predicted octanol–water partition coefficient (Wildman–Crippen LogP) is 5.29. The molecule has 0 radical (unpaired) electrons. The van der Waals surface area contributed by atoms with Crippen molar-refractivity contribution >= 4 is 34.3 Å². The van der Waals surface area contributed by atoms with Crippen molar-refractivity contribution in [2.45, 2.75) is 50.4 Å². The molecule has 1 aliphatic heterocycles. The number of para-hydroxylation sites is 1. The van der Waals surface area contributed by atoms with Gasteiger partial charge in [-0.2, -0.15) is 0 Å². The summed E-state index contributed by atoms with van der Waals surface area (Å²) in [7, 11) is 0. The van der Waals surface area contributed by atoms with E-state index in [1.807, 2.05) is 30.5 Å². The first-order valence-electron chi connectivity index (χ1n) is 11.8. The van der Waals surface area contributed by atoms with E-state index >= 15 is 0 Å². The molecule has 0 saturated carbocycles. The molecule has 2 aromatic carbocycles. The summed E-state index contributed by atoms with van der Waals surface area (Å²) >= 11 is 1.40. The van der Waals surface area contributed by atoms with E-state index in [4.69, 9.17) is 4.74 Å². The van der Waals surface area contributed by atoms with E-state index in [2.05, 4.69) is 56.3 Å². The molecule has 2 N–H and O–H groups in total. The SMILES string of the molecule is CCCc1ccc(NC(=O)CSc2nnc(-c3c[nH]c4ccccc34)n2CC2CCCO2)cc1. The average molecular weight is 476 g/mol. The van der Waals surface area contributed by atoms with Crippen LogP contribution in [0, 0.1) is 0 Å². The van der Waals surface area contributed by atoms with Gasteiger partial charge in [-0.15, -0.1) is 10.2 Å². The Balaban J connectivity index is 1.33.